The van der Waals surface area contributed by atoms with Crippen LogP contribution in [0.2, 0.25) is 0 Å². The largest absolute Gasteiger partial charge is 0.296 e. The SMILES string of the molecule is Cc1cc(Br)cnc1C=O. The van der Waals surface area contributed by atoms with Gasteiger partial charge in [-0.25, -0.2) is 0 Å². The van der Waals surface area contributed by atoms with Crippen molar-refractivity contribution in [1.82, 2.24) is 4.98 Å². The number of aldehydes is 1. The van der Waals surface area contributed by atoms with Crippen molar-refractivity contribution < 1.29 is 4.79 Å². The summed E-state index contributed by atoms with van der Waals surface area (Å²) in [6, 6.07) is 1.86. The second kappa shape index (κ2) is 2.92. The molecule has 0 atom stereocenters. The minimum atomic E-state index is 0.503. The smallest absolute Gasteiger partial charge is 0.168 e. The van der Waals surface area contributed by atoms with Gasteiger partial charge in [0.05, 0.1) is 0 Å². The lowest BCUT2D eigenvalue weighted by Crippen LogP contribution is -1.89. The number of nitrogens with zero attached hydrogens (tertiary/aromatic N) is 1. The zero-order valence-corrected chi connectivity index (χ0v) is 7.05. The van der Waals surface area contributed by atoms with Gasteiger partial charge in [0.25, 0.3) is 0 Å². The van der Waals surface area contributed by atoms with Crippen molar-refractivity contribution in [2.24, 2.45) is 0 Å². The van der Waals surface area contributed by atoms with Crippen LogP contribution in [0.1, 0.15) is 16.1 Å². The fourth-order valence-corrected chi connectivity index (χ4v) is 1.12. The number of aryl methyl sites for hydroxylation is 1. The first-order valence-electron chi connectivity index (χ1n) is 2.81. The molecule has 1 heterocycles. The van der Waals surface area contributed by atoms with E-state index >= 15 is 0 Å². The Morgan fingerprint density at radius 3 is 2.90 bits per heavy atom. The first kappa shape index (κ1) is 7.41. The van der Waals surface area contributed by atoms with Gasteiger partial charge in [-0.2, -0.15) is 0 Å². The van der Waals surface area contributed by atoms with Crippen molar-refractivity contribution in [3.8, 4) is 0 Å². The maximum Gasteiger partial charge on any atom is 0.168 e. The van der Waals surface area contributed by atoms with Gasteiger partial charge in [0.2, 0.25) is 0 Å². The highest BCUT2D eigenvalue weighted by Crippen LogP contribution is 2.10. The van der Waals surface area contributed by atoms with Gasteiger partial charge in [-0.3, -0.25) is 9.78 Å². The molecule has 0 saturated carbocycles. The predicted octanol–water partition coefficient (Wildman–Crippen LogP) is 1.97. The van der Waals surface area contributed by atoms with Gasteiger partial charge in [-0.1, -0.05) is 0 Å². The van der Waals surface area contributed by atoms with Crippen molar-refractivity contribution in [2.75, 3.05) is 0 Å². The Hall–Kier alpha value is -0.700. The summed E-state index contributed by atoms with van der Waals surface area (Å²) in [6.07, 6.45) is 2.36. The van der Waals surface area contributed by atoms with Crippen molar-refractivity contribution in [1.29, 1.82) is 0 Å². The molecule has 0 aliphatic carbocycles. The van der Waals surface area contributed by atoms with E-state index in [-0.39, 0.29) is 0 Å². The molecule has 0 bridgehead atoms. The molecule has 0 spiro atoms. The van der Waals surface area contributed by atoms with Crippen LogP contribution in [0.25, 0.3) is 0 Å². The van der Waals surface area contributed by atoms with Gasteiger partial charge in [0.1, 0.15) is 5.69 Å². The Balaban J connectivity index is 3.19. The quantitative estimate of drug-likeness (QED) is 0.648. The van der Waals surface area contributed by atoms with Gasteiger partial charge in [0, 0.05) is 10.7 Å². The predicted molar refractivity (Wildman–Crippen MR) is 42.1 cm³/mol. The molecule has 0 aliphatic rings. The molecule has 2 nitrogen and oxygen atoms in total. The van der Waals surface area contributed by atoms with Crippen LogP contribution in [0.3, 0.4) is 0 Å². The van der Waals surface area contributed by atoms with Crippen LogP contribution >= 0.6 is 15.9 Å². The van der Waals surface area contributed by atoms with E-state index in [1.807, 2.05) is 13.0 Å². The van der Waals surface area contributed by atoms with Crippen LogP contribution in [0, 0.1) is 6.92 Å². The minimum absolute atomic E-state index is 0.503. The van der Waals surface area contributed by atoms with Crippen LogP contribution in [-0.2, 0) is 0 Å². The van der Waals surface area contributed by atoms with E-state index in [1.165, 1.54) is 0 Å². The number of hydrogen-bond donors (Lipinski definition) is 0. The molecule has 1 aromatic heterocycles. The van der Waals surface area contributed by atoms with Crippen LogP contribution in [-0.4, -0.2) is 11.3 Å². The summed E-state index contributed by atoms with van der Waals surface area (Å²) in [5.74, 6) is 0. The van der Waals surface area contributed by atoms with Gasteiger partial charge >= 0.3 is 0 Å². The van der Waals surface area contributed by atoms with Crippen LogP contribution in [0.4, 0.5) is 0 Å². The monoisotopic (exact) mass is 199 g/mol. The molecular weight excluding hydrogens is 194 g/mol. The number of pyridine rings is 1. The first-order chi connectivity index (χ1) is 4.74. The Kier molecular flexibility index (Phi) is 2.17. The second-order valence-electron chi connectivity index (χ2n) is 1.97. The molecule has 0 radical (unpaired) electrons. The number of carbonyl (C=O) groups is 1. The lowest BCUT2D eigenvalue weighted by atomic mass is 10.2. The fourth-order valence-electron chi connectivity index (χ4n) is 0.674. The molecule has 1 rings (SSSR count). The lowest BCUT2D eigenvalue weighted by molar-refractivity contribution is 0.111. The van der Waals surface area contributed by atoms with E-state index in [1.54, 1.807) is 6.20 Å². The average molecular weight is 200 g/mol. The minimum Gasteiger partial charge on any atom is -0.296 e. The average Bonchev–Trinajstić information content (AvgIpc) is 1.88. The highest BCUT2D eigenvalue weighted by atomic mass is 79.9. The number of carbonyl (C=O) groups excluding carboxylic acids is 1. The summed E-state index contributed by atoms with van der Waals surface area (Å²) in [6.45, 7) is 1.85. The third-order valence-corrected chi connectivity index (χ3v) is 1.63. The van der Waals surface area contributed by atoms with E-state index < -0.39 is 0 Å². The van der Waals surface area contributed by atoms with Crippen molar-refractivity contribution in [2.45, 2.75) is 6.92 Å². The fraction of sp³-hybridized carbons (Fsp3) is 0.143. The molecule has 0 aromatic carbocycles. The van der Waals surface area contributed by atoms with Crippen molar-refractivity contribution in [3.63, 3.8) is 0 Å². The van der Waals surface area contributed by atoms with Crippen LogP contribution in [0.5, 0.6) is 0 Å². The van der Waals surface area contributed by atoms with Crippen molar-refractivity contribution >= 4 is 22.2 Å². The van der Waals surface area contributed by atoms with Gasteiger partial charge in [0.15, 0.2) is 6.29 Å². The Morgan fingerprint density at radius 1 is 1.70 bits per heavy atom. The molecule has 1 aromatic rings. The van der Waals surface area contributed by atoms with E-state index in [2.05, 4.69) is 20.9 Å². The second-order valence-corrected chi connectivity index (χ2v) is 2.89. The van der Waals surface area contributed by atoms with E-state index in [0.717, 1.165) is 16.3 Å². The highest BCUT2D eigenvalue weighted by Gasteiger charge is 1.96. The molecule has 0 saturated heterocycles. The number of aromatic nitrogens is 1. The molecule has 3 heteroatoms. The van der Waals surface area contributed by atoms with E-state index in [0.29, 0.717) is 5.69 Å². The zero-order valence-electron chi connectivity index (χ0n) is 5.47. The molecule has 0 aliphatic heterocycles. The van der Waals surface area contributed by atoms with Crippen molar-refractivity contribution in [3.05, 3.63) is 28.0 Å². The van der Waals surface area contributed by atoms with Crippen LogP contribution in [0.15, 0.2) is 16.7 Å². The normalized spacial score (nSPS) is 9.40. The number of hydrogen-bond acceptors (Lipinski definition) is 2. The maximum absolute atomic E-state index is 10.3. The third kappa shape index (κ3) is 1.42. The summed E-state index contributed by atoms with van der Waals surface area (Å²) in [5.41, 5.74) is 1.40. The Labute approximate surface area is 67.4 Å². The van der Waals surface area contributed by atoms with Gasteiger partial charge in [-0.05, 0) is 34.5 Å². The zero-order chi connectivity index (χ0) is 7.56. The Bertz CT molecular complexity index is 260. The summed E-state index contributed by atoms with van der Waals surface area (Å²) in [5, 5.41) is 0. The summed E-state index contributed by atoms with van der Waals surface area (Å²) in [7, 11) is 0. The highest BCUT2D eigenvalue weighted by molar-refractivity contribution is 9.10. The summed E-state index contributed by atoms with van der Waals surface area (Å²) < 4.78 is 0.899. The molecule has 52 valence electrons. The number of rotatable bonds is 1. The number of halogens is 1. The molecule has 0 amide bonds. The standard InChI is InChI=1S/C7H6BrNO/c1-5-2-6(8)3-9-7(5)4-10/h2-4H,1H3. The lowest BCUT2D eigenvalue weighted by Gasteiger charge is -1.95. The van der Waals surface area contributed by atoms with Crippen LogP contribution < -0.4 is 0 Å². The molecular formula is C7H6BrNO. The summed E-state index contributed by atoms with van der Waals surface area (Å²) >= 11 is 3.25. The Morgan fingerprint density at radius 2 is 2.40 bits per heavy atom. The topological polar surface area (TPSA) is 30.0 Å². The summed E-state index contributed by atoms with van der Waals surface area (Å²) in [4.78, 5) is 14.1. The molecule has 0 unspecified atom stereocenters. The van der Waals surface area contributed by atoms with E-state index in [9.17, 15) is 4.79 Å². The first-order valence-corrected chi connectivity index (χ1v) is 3.60. The molecule has 0 N–H and O–H groups in total. The van der Waals surface area contributed by atoms with Gasteiger partial charge < -0.3 is 0 Å². The molecule has 0 fully saturated rings. The van der Waals surface area contributed by atoms with Gasteiger partial charge in [-0.15, -0.1) is 0 Å². The molecule has 10 heavy (non-hydrogen) atoms. The third-order valence-electron chi connectivity index (χ3n) is 1.20. The maximum atomic E-state index is 10.3. The van der Waals surface area contributed by atoms with E-state index in [4.69, 9.17) is 0 Å².